The van der Waals surface area contributed by atoms with Crippen molar-refractivity contribution in [3.05, 3.63) is 35.6 Å². The molecule has 0 amide bonds. The van der Waals surface area contributed by atoms with E-state index in [0.717, 1.165) is 25.6 Å². The highest BCUT2D eigenvalue weighted by molar-refractivity contribution is 5.16. The average Bonchev–Trinajstić information content (AvgIpc) is 3.26. The van der Waals surface area contributed by atoms with Crippen molar-refractivity contribution in [2.24, 2.45) is 11.8 Å². The van der Waals surface area contributed by atoms with E-state index in [0.29, 0.717) is 18.0 Å². The second-order valence-electron chi connectivity index (χ2n) is 6.72. The van der Waals surface area contributed by atoms with Crippen LogP contribution in [0.15, 0.2) is 24.3 Å². The van der Waals surface area contributed by atoms with Crippen LogP contribution in [0.3, 0.4) is 0 Å². The molecule has 1 saturated heterocycles. The lowest BCUT2D eigenvalue weighted by atomic mass is 9.97. The molecule has 2 aliphatic rings. The van der Waals surface area contributed by atoms with Crippen LogP contribution in [0.25, 0.3) is 0 Å². The molecule has 0 bridgehead atoms. The Bertz CT molecular complexity index is 439. The predicted molar refractivity (Wildman–Crippen MR) is 80.0 cm³/mol. The summed E-state index contributed by atoms with van der Waals surface area (Å²) in [6, 6.07) is 8.23. The van der Waals surface area contributed by atoms with Crippen molar-refractivity contribution in [3.8, 4) is 0 Å². The van der Waals surface area contributed by atoms with Crippen LogP contribution in [-0.2, 0) is 6.54 Å². The van der Waals surface area contributed by atoms with Gasteiger partial charge in [-0.3, -0.25) is 4.90 Å². The van der Waals surface area contributed by atoms with Gasteiger partial charge < -0.3 is 5.32 Å². The van der Waals surface area contributed by atoms with Gasteiger partial charge >= 0.3 is 0 Å². The molecular weight excluding hydrogens is 251 g/mol. The number of piperazine rings is 1. The summed E-state index contributed by atoms with van der Waals surface area (Å²) in [7, 11) is 0. The Labute approximate surface area is 121 Å². The van der Waals surface area contributed by atoms with Gasteiger partial charge in [0.25, 0.3) is 0 Å². The fraction of sp³-hybridized carbons (Fsp3) is 0.647. The van der Waals surface area contributed by atoms with Crippen LogP contribution in [-0.4, -0.2) is 30.1 Å². The van der Waals surface area contributed by atoms with Crippen molar-refractivity contribution in [1.82, 2.24) is 10.2 Å². The number of nitrogens with zero attached hydrogens (tertiary/aromatic N) is 1. The molecule has 0 radical (unpaired) electrons. The van der Waals surface area contributed by atoms with Crippen molar-refractivity contribution in [2.75, 3.05) is 13.1 Å². The van der Waals surface area contributed by atoms with Gasteiger partial charge in [0.1, 0.15) is 5.82 Å². The number of rotatable bonds is 4. The molecule has 1 heterocycles. The van der Waals surface area contributed by atoms with Gasteiger partial charge in [0.15, 0.2) is 0 Å². The van der Waals surface area contributed by atoms with Gasteiger partial charge in [0.05, 0.1) is 0 Å². The Morgan fingerprint density at radius 2 is 1.95 bits per heavy atom. The first kappa shape index (κ1) is 14.0. The van der Waals surface area contributed by atoms with E-state index >= 15 is 0 Å². The predicted octanol–water partition coefficient (Wildman–Crippen LogP) is 3.03. The van der Waals surface area contributed by atoms with Crippen LogP contribution in [0.4, 0.5) is 4.39 Å². The average molecular weight is 276 g/mol. The molecule has 1 aliphatic carbocycles. The van der Waals surface area contributed by atoms with Crippen LogP contribution < -0.4 is 5.32 Å². The standard InChI is InChI=1S/C17H25FN2/c1-12(2)16-11-20(17(9-19-16)14-5-6-14)10-13-3-7-15(18)8-4-13/h3-4,7-8,12,14,16-17,19H,5-6,9-11H2,1-2H3. The number of nitrogens with one attached hydrogen (secondary N) is 1. The van der Waals surface area contributed by atoms with E-state index in [1.54, 1.807) is 12.1 Å². The molecule has 110 valence electrons. The molecular formula is C17H25FN2. The highest BCUT2D eigenvalue weighted by Crippen LogP contribution is 2.37. The van der Waals surface area contributed by atoms with Crippen LogP contribution in [0.1, 0.15) is 32.3 Å². The first-order valence-corrected chi connectivity index (χ1v) is 7.85. The molecule has 1 aromatic rings. The second-order valence-corrected chi connectivity index (χ2v) is 6.72. The first-order chi connectivity index (χ1) is 9.63. The summed E-state index contributed by atoms with van der Waals surface area (Å²) in [5.74, 6) is 1.38. The van der Waals surface area contributed by atoms with Gasteiger partial charge in [-0.1, -0.05) is 26.0 Å². The van der Waals surface area contributed by atoms with Gasteiger partial charge in [-0.05, 0) is 42.4 Å². The van der Waals surface area contributed by atoms with E-state index in [1.807, 2.05) is 12.1 Å². The van der Waals surface area contributed by atoms with E-state index in [9.17, 15) is 4.39 Å². The topological polar surface area (TPSA) is 15.3 Å². The normalized spacial score (nSPS) is 28.0. The summed E-state index contributed by atoms with van der Waals surface area (Å²) in [5.41, 5.74) is 1.22. The molecule has 1 saturated carbocycles. The minimum absolute atomic E-state index is 0.145. The van der Waals surface area contributed by atoms with Crippen LogP contribution in [0, 0.1) is 17.7 Å². The quantitative estimate of drug-likeness (QED) is 0.909. The summed E-state index contributed by atoms with van der Waals surface area (Å²) >= 11 is 0. The fourth-order valence-corrected chi connectivity index (χ4v) is 3.25. The van der Waals surface area contributed by atoms with Crippen molar-refractivity contribution in [3.63, 3.8) is 0 Å². The summed E-state index contributed by atoms with van der Waals surface area (Å²) in [5, 5.41) is 3.71. The molecule has 0 aromatic heterocycles. The lowest BCUT2D eigenvalue weighted by Gasteiger charge is -2.42. The highest BCUT2D eigenvalue weighted by atomic mass is 19.1. The Morgan fingerprint density at radius 3 is 2.55 bits per heavy atom. The fourth-order valence-electron chi connectivity index (χ4n) is 3.25. The number of hydrogen-bond acceptors (Lipinski definition) is 2. The van der Waals surface area contributed by atoms with E-state index in [2.05, 4.69) is 24.1 Å². The van der Waals surface area contributed by atoms with Crippen molar-refractivity contribution in [1.29, 1.82) is 0 Å². The van der Waals surface area contributed by atoms with Gasteiger partial charge in [-0.15, -0.1) is 0 Å². The van der Waals surface area contributed by atoms with E-state index in [1.165, 1.54) is 18.4 Å². The van der Waals surface area contributed by atoms with E-state index < -0.39 is 0 Å². The third-order valence-electron chi connectivity index (χ3n) is 4.76. The minimum atomic E-state index is -0.145. The van der Waals surface area contributed by atoms with Crippen LogP contribution in [0.5, 0.6) is 0 Å². The van der Waals surface area contributed by atoms with Crippen LogP contribution in [0.2, 0.25) is 0 Å². The molecule has 2 nitrogen and oxygen atoms in total. The largest absolute Gasteiger partial charge is 0.311 e. The molecule has 1 aliphatic heterocycles. The molecule has 2 fully saturated rings. The zero-order valence-corrected chi connectivity index (χ0v) is 12.5. The Morgan fingerprint density at radius 1 is 1.25 bits per heavy atom. The third kappa shape index (κ3) is 3.21. The molecule has 1 N–H and O–H groups in total. The SMILES string of the molecule is CC(C)C1CN(Cc2ccc(F)cc2)C(C2CC2)CN1. The molecule has 3 rings (SSSR count). The molecule has 2 atom stereocenters. The number of halogens is 1. The maximum absolute atomic E-state index is 13.0. The molecule has 20 heavy (non-hydrogen) atoms. The van der Waals surface area contributed by atoms with Gasteiger partial charge in [0, 0.05) is 31.7 Å². The number of benzene rings is 1. The third-order valence-corrected chi connectivity index (χ3v) is 4.76. The number of hydrogen-bond donors (Lipinski definition) is 1. The van der Waals surface area contributed by atoms with Gasteiger partial charge in [-0.25, -0.2) is 4.39 Å². The van der Waals surface area contributed by atoms with Crippen molar-refractivity contribution in [2.45, 2.75) is 45.3 Å². The van der Waals surface area contributed by atoms with Gasteiger partial charge in [-0.2, -0.15) is 0 Å². The summed E-state index contributed by atoms with van der Waals surface area (Å²) in [6.07, 6.45) is 2.75. The molecule has 3 heteroatoms. The summed E-state index contributed by atoms with van der Waals surface area (Å²) < 4.78 is 13.0. The summed E-state index contributed by atoms with van der Waals surface area (Å²) in [4.78, 5) is 2.62. The highest BCUT2D eigenvalue weighted by Gasteiger charge is 2.39. The Balaban J connectivity index is 1.70. The zero-order valence-electron chi connectivity index (χ0n) is 12.5. The first-order valence-electron chi connectivity index (χ1n) is 7.85. The second kappa shape index (κ2) is 5.82. The molecule has 2 unspecified atom stereocenters. The van der Waals surface area contributed by atoms with E-state index in [4.69, 9.17) is 0 Å². The van der Waals surface area contributed by atoms with Crippen LogP contribution >= 0.6 is 0 Å². The van der Waals surface area contributed by atoms with Crippen molar-refractivity contribution < 1.29 is 4.39 Å². The monoisotopic (exact) mass is 276 g/mol. The molecule has 0 spiro atoms. The minimum Gasteiger partial charge on any atom is -0.311 e. The smallest absolute Gasteiger partial charge is 0.123 e. The maximum Gasteiger partial charge on any atom is 0.123 e. The molecule has 1 aromatic carbocycles. The Hall–Kier alpha value is -0.930. The lowest BCUT2D eigenvalue weighted by Crippen LogP contribution is -2.58. The van der Waals surface area contributed by atoms with Gasteiger partial charge in [0.2, 0.25) is 0 Å². The van der Waals surface area contributed by atoms with E-state index in [-0.39, 0.29) is 5.82 Å². The summed E-state index contributed by atoms with van der Waals surface area (Å²) in [6.45, 7) is 7.73. The Kier molecular flexibility index (Phi) is 4.08. The maximum atomic E-state index is 13.0. The zero-order chi connectivity index (χ0) is 14.1. The van der Waals surface area contributed by atoms with Crippen molar-refractivity contribution >= 4 is 0 Å². The lowest BCUT2D eigenvalue weighted by molar-refractivity contribution is 0.0926.